The average Bonchev–Trinajstić information content (AvgIpc) is 2.46. The predicted octanol–water partition coefficient (Wildman–Crippen LogP) is 2.01. The van der Waals surface area contributed by atoms with Crippen LogP contribution >= 0.6 is 0 Å². The molecule has 20 heavy (non-hydrogen) atoms. The van der Waals surface area contributed by atoms with Crippen molar-refractivity contribution in [2.24, 2.45) is 11.8 Å². The molecule has 1 aliphatic carbocycles. The highest BCUT2D eigenvalue weighted by molar-refractivity contribution is 5.93. The molecule has 0 saturated heterocycles. The lowest BCUT2D eigenvalue weighted by Gasteiger charge is -2.26. The van der Waals surface area contributed by atoms with Crippen LogP contribution in [0.2, 0.25) is 0 Å². The summed E-state index contributed by atoms with van der Waals surface area (Å²) in [4.78, 5) is 26.9. The van der Waals surface area contributed by atoms with Crippen molar-refractivity contribution in [3.63, 3.8) is 0 Å². The van der Waals surface area contributed by atoms with E-state index in [9.17, 15) is 9.59 Å². The molecule has 5 nitrogen and oxygen atoms in total. The van der Waals surface area contributed by atoms with Crippen LogP contribution in [0.25, 0.3) is 0 Å². The van der Waals surface area contributed by atoms with Crippen molar-refractivity contribution in [2.75, 3.05) is 6.54 Å². The zero-order valence-corrected chi connectivity index (χ0v) is 11.6. The van der Waals surface area contributed by atoms with Crippen LogP contribution in [-0.2, 0) is 4.79 Å². The number of carbonyl (C=O) groups excluding carboxylic acids is 1. The topological polar surface area (TPSA) is 79.3 Å². The maximum atomic E-state index is 11.9. The van der Waals surface area contributed by atoms with Crippen LogP contribution in [0.5, 0.6) is 0 Å². The van der Waals surface area contributed by atoms with Gasteiger partial charge in [0, 0.05) is 18.4 Å². The molecule has 1 aliphatic rings. The van der Waals surface area contributed by atoms with Gasteiger partial charge in [-0.1, -0.05) is 0 Å². The second kappa shape index (κ2) is 6.50. The summed E-state index contributed by atoms with van der Waals surface area (Å²) in [6.45, 7) is 2.49. The normalized spacial score (nSPS) is 22.2. The smallest absolute Gasteiger partial charge is 0.306 e. The first kappa shape index (κ1) is 14.5. The van der Waals surface area contributed by atoms with Gasteiger partial charge in [-0.15, -0.1) is 0 Å². The van der Waals surface area contributed by atoms with Crippen molar-refractivity contribution in [3.05, 3.63) is 29.6 Å². The van der Waals surface area contributed by atoms with Crippen LogP contribution in [0, 0.1) is 18.8 Å². The predicted molar refractivity (Wildman–Crippen MR) is 74.4 cm³/mol. The highest BCUT2D eigenvalue weighted by Crippen LogP contribution is 2.28. The molecule has 0 spiro atoms. The maximum absolute atomic E-state index is 11.9. The molecule has 2 rings (SSSR count). The molecule has 1 heterocycles. The van der Waals surface area contributed by atoms with Gasteiger partial charge < -0.3 is 10.4 Å². The Morgan fingerprint density at radius 2 is 2.00 bits per heavy atom. The van der Waals surface area contributed by atoms with E-state index < -0.39 is 5.97 Å². The minimum absolute atomic E-state index is 0.113. The van der Waals surface area contributed by atoms with E-state index in [1.807, 2.05) is 13.0 Å². The largest absolute Gasteiger partial charge is 0.481 e. The number of carboxylic acids is 1. The van der Waals surface area contributed by atoms with Crippen molar-refractivity contribution in [1.82, 2.24) is 10.3 Å². The number of pyridine rings is 1. The Hall–Kier alpha value is -1.91. The van der Waals surface area contributed by atoms with Crippen molar-refractivity contribution in [3.8, 4) is 0 Å². The molecule has 2 N–H and O–H groups in total. The Labute approximate surface area is 118 Å². The molecule has 0 aliphatic heterocycles. The Kier molecular flexibility index (Phi) is 4.71. The molecule has 1 aromatic heterocycles. The fraction of sp³-hybridized carbons (Fsp3) is 0.533. The van der Waals surface area contributed by atoms with Gasteiger partial charge in [0.1, 0.15) is 0 Å². The van der Waals surface area contributed by atoms with Gasteiger partial charge >= 0.3 is 5.97 Å². The Bertz CT molecular complexity index is 476. The molecule has 1 aromatic rings. The highest BCUT2D eigenvalue weighted by Gasteiger charge is 2.26. The van der Waals surface area contributed by atoms with Gasteiger partial charge in [0.15, 0.2) is 0 Å². The van der Waals surface area contributed by atoms with Crippen molar-refractivity contribution in [1.29, 1.82) is 0 Å². The Balaban J connectivity index is 1.77. The lowest BCUT2D eigenvalue weighted by Crippen LogP contribution is -2.32. The summed E-state index contributed by atoms with van der Waals surface area (Å²) >= 11 is 0. The summed E-state index contributed by atoms with van der Waals surface area (Å²) in [7, 11) is 0. The van der Waals surface area contributed by atoms with Crippen LogP contribution in [-0.4, -0.2) is 28.5 Å². The lowest BCUT2D eigenvalue weighted by molar-refractivity contribution is -0.143. The zero-order chi connectivity index (χ0) is 14.5. The summed E-state index contributed by atoms with van der Waals surface area (Å²) in [5.41, 5.74) is 1.45. The number of carbonyl (C=O) groups is 2. The second-order valence-corrected chi connectivity index (χ2v) is 5.45. The molecule has 1 amide bonds. The van der Waals surface area contributed by atoms with E-state index in [0.29, 0.717) is 30.9 Å². The van der Waals surface area contributed by atoms with Gasteiger partial charge in [0.2, 0.25) is 0 Å². The summed E-state index contributed by atoms with van der Waals surface area (Å²) in [5.74, 6) is -0.632. The molecule has 1 fully saturated rings. The van der Waals surface area contributed by atoms with Gasteiger partial charge in [0.05, 0.1) is 11.5 Å². The molecule has 0 radical (unpaired) electrons. The summed E-state index contributed by atoms with van der Waals surface area (Å²) in [6, 6.07) is 3.58. The summed E-state index contributed by atoms with van der Waals surface area (Å²) < 4.78 is 0. The first-order valence-corrected chi connectivity index (χ1v) is 7.00. The van der Waals surface area contributed by atoms with E-state index in [2.05, 4.69) is 10.3 Å². The number of carboxylic acid groups (broad SMARTS) is 1. The number of hydrogen-bond acceptors (Lipinski definition) is 3. The average molecular weight is 276 g/mol. The molecule has 0 bridgehead atoms. The number of aromatic nitrogens is 1. The molecule has 5 heteroatoms. The number of amides is 1. The number of rotatable bonds is 4. The van der Waals surface area contributed by atoms with Crippen LogP contribution in [0.1, 0.15) is 41.7 Å². The molecule has 108 valence electrons. The van der Waals surface area contributed by atoms with Crippen LogP contribution < -0.4 is 5.32 Å². The quantitative estimate of drug-likeness (QED) is 0.881. The number of nitrogens with zero attached hydrogens (tertiary/aromatic N) is 1. The van der Waals surface area contributed by atoms with Crippen LogP contribution in [0.3, 0.4) is 0 Å². The van der Waals surface area contributed by atoms with Crippen LogP contribution in [0.15, 0.2) is 18.3 Å². The fourth-order valence-corrected chi connectivity index (χ4v) is 2.55. The van der Waals surface area contributed by atoms with Crippen LogP contribution in [0.4, 0.5) is 0 Å². The van der Waals surface area contributed by atoms with Crippen molar-refractivity contribution >= 4 is 11.9 Å². The minimum atomic E-state index is -0.696. The Morgan fingerprint density at radius 1 is 1.30 bits per heavy atom. The number of aliphatic carboxylic acids is 1. The summed E-state index contributed by atoms with van der Waals surface area (Å²) in [5, 5.41) is 11.8. The molecule has 1 saturated carbocycles. The van der Waals surface area contributed by atoms with Crippen molar-refractivity contribution in [2.45, 2.75) is 32.6 Å². The number of hydrogen-bond donors (Lipinski definition) is 2. The number of nitrogens with one attached hydrogen (secondary N) is 1. The minimum Gasteiger partial charge on any atom is -0.481 e. The lowest BCUT2D eigenvalue weighted by atomic mass is 9.82. The molecule has 0 aromatic carbocycles. The third kappa shape index (κ3) is 3.79. The first-order chi connectivity index (χ1) is 9.56. The standard InChI is InChI=1S/C15H20N2O3/c1-10-2-5-13(9-16-10)14(18)17-8-11-3-6-12(7-4-11)15(19)20/h2,5,9,11-12H,3-4,6-8H2,1H3,(H,17,18)(H,19,20). The maximum Gasteiger partial charge on any atom is 0.306 e. The fourth-order valence-electron chi connectivity index (χ4n) is 2.55. The van der Waals surface area contributed by atoms with E-state index in [1.165, 1.54) is 0 Å². The zero-order valence-electron chi connectivity index (χ0n) is 11.6. The van der Waals surface area contributed by atoms with Gasteiger partial charge in [0.25, 0.3) is 5.91 Å². The molecule has 0 unspecified atom stereocenters. The van der Waals surface area contributed by atoms with Crippen molar-refractivity contribution < 1.29 is 14.7 Å². The van der Waals surface area contributed by atoms with E-state index in [1.54, 1.807) is 12.3 Å². The van der Waals surface area contributed by atoms with E-state index in [-0.39, 0.29) is 11.8 Å². The van der Waals surface area contributed by atoms with E-state index in [0.717, 1.165) is 18.5 Å². The van der Waals surface area contributed by atoms with Gasteiger partial charge in [-0.2, -0.15) is 0 Å². The molecular formula is C15H20N2O3. The van der Waals surface area contributed by atoms with Gasteiger partial charge in [-0.05, 0) is 50.7 Å². The third-order valence-corrected chi connectivity index (χ3v) is 3.92. The molecule has 0 atom stereocenters. The monoisotopic (exact) mass is 276 g/mol. The van der Waals surface area contributed by atoms with Gasteiger partial charge in [-0.25, -0.2) is 0 Å². The summed E-state index contributed by atoms with van der Waals surface area (Å²) in [6.07, 6.45) is 4.72. The highest BCUT2D eigenvalue weighted by atomic mass is 16.4. The third-order valence-electron chi connectivity index (χ3n) is 3.92. The molecular weight excluding hydrogens is 256 g/mol. The number of aryl methyl sites for hydroxylation is 1. The SMILES string of the molecule is Cc1ccc(C(=O)NCC2CCC(C(=O)O)CC2)cn1. The Morgan fingerprint density at radius 3 is 2.55 bits per heavy atom. The second-order valence-electron chi connectivity index (χ2n) is 5.45. The van der Waals surface area contributed by atoms with E-state index >= 15 is 0 Å². The van der Waals surface area contributed by atoms with E-state index in [4.69, 9.17) is 5.11 Å². The van der Waals surface area contributed by atoms with Gasteiger partial charge in [-0.3, -0.25) is 14.6 Å². The first-order valence-electron chi connectivity index (χ1n) is 7.00.